The van der Waals surface area contributed by atoms with Crippen molar-refractivity contribution in [3.8, 4) is 0 Å². The van der Waals surface area contributed by atoms with Crippen LogP contribution in [0.5, 0.6) is 0 Å². The maximum Gasteiger partial charge on any atom is 0.321 e. The average Bonchev–Trinajstić information content (AvgIpc) is 3.44. The van der Waals surface area contributed by atoms with Gasteiger partial charge in [0.1, 0.15) is 11.8 Å². The van der Waals surface area contributed by atoms with Crippen molar-refractivity contribution in [1.29, 1.82) is 0 Å². The highest BCUT2D eigenvalue weighted by molar-refractivity contribution is 6.08. The van der Waals surface area contributed by atoms with Crippen LogP contribution >= 0.6 is 0 Å². The molecule has 0 saturated carbocycles. The van der Waals surface area contributed by atoms with Crippen LogP contribution in [0, 0.1) is 5.92 Å². The quantitative estimate of drug-likeness (QED) is 0.364. The van der Waals surface area contributed by atoms with E-state index in [9.17, 15) is 9.59 Å². The second kappa shape index (κ2) is 7.75. The Labute approximate surface area is 178 Å². The summed E-state index contributed by atoms with van der Waals surface area (Å²) in [5, 5.41) is 0. The van der Waals surface area contributed by atoms with Gasteiger partial charge in [-0.3, -0.25) is 19.1 Å². The number of carbonyl (C=O) groups is 2. The van der Waals surface area contributed by atoms with Gasteiger partial charge < -0.3 is 9.15 Å². The molecule has 0 radical (unpaired) electrons. The Morgan fingerprint density at radius 3 is 2.58 bits per heavy atom. The van der Waals surface area contributed by atoms with Crippen molar-refractivity contribution < 1.29 is 18.7 Å². The summed E-state index contributed by atoms with van der Waals surface area (Å²) in [5.74, 6) is -1.02. The van der Waals surface area contributed by atoms with Crippen molar-refractivity contribution in [2.75, 3.05) is 11.5 Å². The lowest BCUT2D eigenvalue weighted by Crippen LogP contribution is -2.49. The number of hydrogen-bond donors (Lipinski definition) is 0. The Balaban J connectivity index is 1.74. The van der Waals surface area contributed by atoms with Crippen LogP contribution in [0.1, 0.15) is 24.3 Å². The van der Waals surface area contributed by atoms with Gasteiger partial charge in [0.25, 0.3) is 0 Å². The molecule has 2 aromatic carbocycles. The van der Waals surface area contributed by atoms with E-state index in [1.54, 1.807) is 24.0 Å². The Hall–Kier alpha value is -3.87. The number of benzene rings is 2. The minimum Gasteiger partial charge on any atom is -0.467 e. The minimum atomic E-state index is -1.08. The smallest absolute Gasteiger partial charge is 0.321 e. The Morgan fingerprint density at radius 1 is 1.06 bits per heavy atom. The molecule has 3 heterocycles. The van der Waals surface area contributed by atoms with Crippen LogP contribution in [0.3, 0.4) is 0 Å². The number of fused-ring (bicyclic) bond motifs is 3. The average molecular weight is 415 g/mol. The lowest BCUT2D eigenvalue weighted by atomic mass is 9.93. The molecule has 156 valence electrons. The number of anilines is 1. The third kappa shape index (κ3) is 3.18. The standard InChI is InChI=1S/C24H21N3O4/c1-2-30-23(29)20-21(19-13-8-14-31-19)27-18-12-7-6-11-17(18)25-24(27)26(22(20)28)15-16-9-4-3-5-10-16/h3-14,20-21H,2,15H2,1H3/t20-,21-/m0/s1. The van der Waals surface area contributed by atoms with Gasteiger partial charge in [-0.05, 0) is 36.8 Å². The van der Waals surface area contributed by atoms with Crippen molar-refractivity contribution in [1.82, 2.24) is 9.55 Å². The van der Waals surface area contributed by atoms with Crippen molar-refractivity contribution in [2.24, 2.45) is 5.92 Å². The number of ether oxygens (including phenoxy) is 1. The molecule has 31 heavy (non-hydrogen) atoms. The van der Waals surface area contributed by atoms with Gasteiger partial charge in [0.15, 0.2) is 5.92 Å². The summed E-state index contributed by atoms with van der Waals surface area (Å²) < 4.78 is 12.9. The highest BCUT2D eigenvalue weighted by Crippen LogP contribution is 2.41. The summed E-state index contributed by atoms with van der Waals surface area (Å²) in [4.78, 5) is 33.1. The fraction of sp³-hybridized carbons (Fsp3) is 0.208. The largest absolute Gasteiger partial charge is 0.467 e. The van der Waals surface area contributed by atoms with Gasteiger partial charge in [-0.15, -0.1) is 0 Å². The topological polar surface area (TPSA) is 77.6 Å². The Kier molecular flexibility index (Phi) is 4.78. The summed E-state index contributed by atoms with van der Waals surface area (Å²) in [7, 11) is 0. The zero-order valence-corrected chi connectivity index (χ0v) is 17.0. The normalized spacial score (nSPS) is 18.2. The molecule has 2 atom stereocenters. The van der Waals surface area contributed by atoms with E-state index in [-0.39, 0.29) is 12.5 Å². The van der Waals surface area contributed by atoms with Gasteiger partial charge in [0, 0.05) is 0 Å². The van der Waals surface area contributed by atoms with Crippen LogP contribution in [0.4, 0.5) is 5.95 Å². The van der Waals surface area contributed by atoms with Crippen LogP contribution in [-0.2, 0) is 20.9 Å². The number of amides is 1. The van der Waals surface area contributed by atoms with Gasteiger partial charge in [-0.2, -0.15) is 0 Å². The molecule has 0 fully saturated rings. The number of para-hydroxylation sites is 2. The molecule has 2 aromatic heterocycles. The molecule has 0 spiro atoms. The van der Waals surface area contributed by atoms with Crippen molar-refractivity contribution >= 4 is 28.9 Å². The molecule has 5 rings (SSSR count). The molecule has 0 saturated heterocycles. The fourth-order valence-corrected chi connectivity index (χ4v) is 4.17. The molecule has 0 aliphatic carbocycles. The highest BCUT2D eigenvalue weighted by Gasteiger charge is 2.49. The van der Waals surface area contributed by atoms with Crippen molar-refractivity contribution in [2.45, 2.75) is 19.5 Å². The Bertz CT molecular complexity index is 1230. The predicted molar refractivity (Wildman–Crippen MR) is 114 cm³/mol. The molecule has 0 unspecified atom stereocenters. The molecular formula is C24H21N3O4. The van der Waals surface area contributed by atoms with Gasteiger partial charge in [-0.1, -0.05) is 42.5 Å². The van der Waals surface area contributed by atoms with Crippen LogP contribution < -0.4 is 4.90 Å². The Morgan fingerprint density at radius 2 is 1.84 bits per heavy atom. The summed E-state index contributed by atoms with van der Waals surface area (Å²) in [5.41, 5.74) is 2.50. The molecule has 7 nitrogen and oxygen atoms in total. The van der Waals surface area contributed by atoms with E-state index in [0.717, 1.165) is 16.6 Å². The van der Waals surface area contributed by atoms with Crippen LogP contribution in [0.2, 0.25) is 0 Å². The van der Waals surface area contributed by atoms with Crippen LogP contribution in [0.15, 0.2) is 77.4 Å². The molecule has 0 N–H and O–H groups in total. The summed E-state index contributed by atoms with van der Waals surface area (Å²) in [6.45, 7) is 2.21. The summed E-state index contributed by atoms with van der Waals surface area (Å²) in [6, 6.07) is 20.1. The molecule has 4 aromatic rings. The van der Waals surface area contributed by atoms with Gasteiger partial charge in [0.2, 0.25) is 11.9 Å². The molecular weight excluding hydrogens is 394 g/mol. The molecule has 1 amide bonds. The van der Waals surface area contributed by atoms with Gasteiger partial charge in [-0.25, -0.2) is 4.98 Å². The first-order chi connectivity index (χ1) is 15.2. The van der Waals surface area contributed by atoms with E-state index < -0.39 is 17.9 Å². The number of carbonyl (C=O) groups excluding carboxylic acids is 2. The number of imidazole rings is 1. The first kappa shape index (κ1) is 19.1. The van der Waals surface area contributed by atoms with Crippen LogP contribution in [-0.4, -0.2) is 28.0 Å². The monoisotopic (exact) mass is 415 g/mol. The SMILES string of the molecule is CCOC(=O)[C@@H]1C(=O)N(Cc2ccccc2)c2nc3ccccc3n2[C@H]1c1ccco1. The molecule has 1 aliphatic heterocycles. The van der Waals surface area contributed by atoms with Crippen molar-refractivity contribution in [3.05, 3.63) is 84.3 Å². The maximum absolute atomic E-state index is 13.7. The third-order valence-electron chi connectivity index (χ3n) is 5.50. The molecule has 7 heteroatoms. The minimum absolute atomic E-state index is 0.184. The fourth-order valence-electron chi connectivity index (χ4n) is 4.17. The number of hydrogen-bond acceptors (Lipinski definition) is 5. The number of furan rings is 1. The van der Waals surface area contributed by atoms with Gasteiger partial charge in [0.05, 0.1) is 30.4 Å². The second-order valence-electron chi connectivity index (χ2n) is 7.37. The zero-order chi connectivity index (χ0) is 21.4. The van der Waals surface area contributed by atoms with E-state index in [2.05, 4.69) is 0 Å². The lowest BCUT2D eigenvalue weighted by Gasteiger charge is -2.36. The van der Waals surface area contributed by atoms with Crippen molar-refractivity contribution in [3.63, 3.8) is 0 Å². The number of esters is 1. The zero-order valence-electron chi connectivity index (χ0n) is 17.0. The molecule has 0 bridgehead atoms. The van der Waals surface area contributed by atoms with E-state index in [1.165, 1.54) is 6.26 Å². The van der Waals surface area contributed by atoms with E-state index >= 15 is 0 Å². The first-order valence-corrected chi connectivity index (χ1v) is 10.2. The first-order valence-electron chi connectivity index (χ1n) is 10.2. The maximum atomic E-state index is 13.7. The van der Waals surface area contributed by atoms with E-state index in [4.69, 9.17) is 14.1 Å². The highest BCUT2D eigenvalue weighted by atomic mass is 16.5. The number of aromatic nitrogens is 2. The van der Waals surface area contributed by atoms with Gasteiger partial charge >= 0.3 is 5.97 Å². The molecule has 1 aliphatic rings. The van der Waals surface area contributed by atoms with E-state index in [0.29, 0.717) is 18.3 Å². The number of nitrogens with zero attached hydrogens (tertiary/aromatic N) is 3. The second-order valence-corrected chi connectivity index (χ2v) is 7.37. The number of rotatable bonds is 5. The summed E-state index contributed by atoms with van der Waals surface area (Å²) >= 11 is 0. The third-order valence-corrected chi connectivity index (χ3v) is 5.50. The predicted octanol–water partition coefficient (Wildman–Crippen LogP) is 3.94. The van der Waals surface area contributed by atoms with E-state index in [1.807, 2.05) is 59.2 Å². The lowest BCUT2D eigenvalue weighted by molar-refractivity contribution is -0.153. The van der Waals surface area contributed by atoms with Crippen LogP contribution in [0.25, 0.3) is 11.0 Å². The summed E-state index contributed by atoms with van der Waals surface area (Å²) in [6.07, 6.45) is 1.54.